The maximum Gasteiger partial charge on any atom is 0.327 e. The van der Waals surface area contributed by atoms with Crippen LogP contribution < -0.4 is 15.5 Å². The van der Waals surface area contributed by atoms with Crippen LogP contribution in [0.25, 0.3) is 10.2 Å². The Hall–Kier alpha value is -2.73. The predicted molar refractivity (Wildman–Crippen MR) is 144 cm³/mol. The second kappa shape index (κ2) is 10.7. The number of sulfone groups is 1. The third-order valence-corrected chi connectivity index (χ3v) is 8.66. The number of nitrogens with zero attached hydrogens (tertiary/aromatic N) is 3. The highest BCUT2D eigenvalue weighted by molar-refractivity contribution is 7.90. The SMILES string of the molecule is CCN(CC)C1CCN(c2ccc(Cl)c(C(=O)NC(=O)Nc3nc4ccc(S(C)(=O)=O)cc4s3)c2)C1. The summed E-state index contributed by atoms with van der Waals surface area (Å²) in [6.07, 6.45) is 2.17. The standard InChI is InChI=1S/C24H28ClN5O4S2/c1-4-29(5-2)16-10-11-30(14-16)15-6-8-19(25)18(12-15)22(31)27-23(32)28-24-26-20-9-7-17(36(3,33)34)13-21(20)35-24/h6-9,12-13,16H,4-5,10-11,14H2,1-3H3,(H2,26,27,28,31,32). The number of likely N-dealkylation sites (N-methyl/N-ethyl adjacent to an activating group) is 1. The van der Waals surface area contributed by atoms with Gasteiger partial charge in [-0.3, -0.25) is 20.3 Å². The summed E-state index contributed by atoms with van der Waals surface area (Å²) in [7, 11) is -3.36. The summed E-state index contributed by atoms with van der Waals surface area (Å²) in [4.78, 5) is 34.5. The summed E-state index contributed by atoms with van der Waals surface area (Å²) >= 11 is 7.40. The van der Waals surface area contributed by atoms with Crippen molar-refractivity contribution in [1.29, 1.82) is 0 Å². The molecule has 9 nitrogen and oxygen atoms in total. The van der Waals surface area contributed by atoms with Gasteiger partial charge in [-0.1, -0.05) is 36.8 Å². The van der Waals surface area contributed by atoms with E-state index >= 15 is 0 Å². The molecule has 1 fully saturated rings. The number of anilines is 2. The lowest BCUT2D eigenvalue weighted by atomic mass is 10.1. The minimum absolute atomic E-state index is 0.167. The zero-order valence-electron chi connectivity index (χ0n) is 20.2. The molecule has 1 saturated heterocycles. The third kappa shape index (κ3) is 5.80. The van der Waals surface area contributed by atoms with Gasteiger partial charge in [-0.05, 0) is 55.9 Å². The van der Waals surface area contributed by atoms with Gasteiger partial charge >= 0.3 is 6.03 Å². The summed E-state index contributed by atoms with van der Waals surface area (Å²) in [6, 6.07) is 9.50. The Balaban J connectivity index is 1.43. The topological polar surface area (TPSA) is 112 Å². The lowest BCUT2D eigenvalue weighted by Gasteiger charge is -2.26. The van der Waals surface area contributed by atoms with E-state index < -0.39 is 21.8 Å². The van der Waals surface area contributed by atoms with Gasteiger partial charge < -0.3 is 4.90 Å². The van der Waals surface area contributed by atoms with Crippen molar-refractivity contribution in [2.45, 2.75) is 31.2 Å². The number of aromatic nitrogens is 1. The molecule has 192 valence electrons. The maximum absolute atomic E-state index is 12.9. The molecule has 0 aliphatic carbocycles. The molecule has 0 saturated carbocycles. The molecular weight excluding hydrogens is 522 g/mol. The van der Waals surface area contributed by atoms with E-state index in [9.17, 15) is 18.0 Å². The number of hydrogen-bond acceptors (Lipinski definition) is 8. The second-order valence-corrected chi connectivity index (χ2v) is 12.1. The fourth-order valence-electron chi connectivity index (χ4n) is 4.39. The van der Waals surface area contributed by atoms with Crippen LogP contribution in [0.4, 0.5) is 15.6 Å². The van der Waals surface area contributed by atoms with Crippen molar-refractivity contribution in [3.63, 3.8) is 0 Å². The van der Waals surface area contributed by atoms with Crippen molar-refractivity contribution in [2.75, 3.05) is 42.7 Å². The molecule has 4 rings (SSSR count). The number of amides is 3. The first-order chi connectivity index (χ1) is 17.1. The van der Waals surface area contributed by atoms with E-state index in [0.717, 1.165) is 55.9 Å². The van der Waals surface area contributed by atoms with Crippen molar-refractivity contribution in [1.82, 2.24) is 15.2 Å². The Bertz CT molecular complexity index is 1400. The van der Waals surface area contributed by atoms with Gasteiger partial charge in [0, 0.05) is 31.1 Å². The summed E-state index contributed by atoms with van der Waals surface area (Å²) in [6.45, 7) is 8.04. The highest BCUT2D eigenvalue weighted by Crippen LogP contribution is 2.29. The van der Waals surface area contributed by atoms with Crippen LogP contribution >= 0.6 is 22.9 Å². The van der Waals surface area contributed by atoms with Crippen LogP contribution in [0.3, 0.4) is 0 Å². The van der Waals surface area contributed by atoms with Crippen LogP contribution in [0.1, 0.15) is 30.6 Å². The molecule has 1 unspecified atom stereocenters. The largest absolute Gasteiger partial charge is 0.370 e. The van der Waals surface area contributed by atoms with E-state index in [4.69, 9.17) is 11.6 Å². The molecule has 1 aliphatic heterocycles. The number of carbonyl (C=O) groups is 2. The van der Waals surface area contributed by atoms with Crippen molar-refractivity contribution in [2.24, 2.45) is 0 Å². The molecule has 2 heterocycles. The second-order valence-electron chi connectivity index (χ2n) is 8.60. The van der Waals surface area contributed by atoms with Gasteiger partial charge in [-0.2, -0.15) is 0 Å². The van der Waals surface area contributed by atoms with Crippen molar-refractivity contribution >= 4 is 65.7 Å². The van der Waals surface area contributed by atoms with Crippen molar-refractivity contribution < 1.29 is 18.0 Å². The Morgan fingerprint density at radius 2 is 1.94 bits per heavy atom. The quantitative estimate of drug-likeness (QED) is 0.453. The van der Waals surface area contributed by atoms with E-state index in [1.54, 1.807) is 18.2 Å². The Morgan fingerprint density at radius 3 is 2.64 bits per heavy atom. The summed E-state index contributed by atoms with van der Waals surface area (Å²) < 4.78 is 24.2. The number of nitrogens with one attached hydrogen (secondary N) is 2. The van der Waals surface area contributed by atoms with Crippen molar-refractivity contribution in [3.8, 4) is 0 Å². The van der Waals surface area contributed by atoms with Crippen LogP contribution in [-0.4, -0.2) is 68.7 Å². The smallest absolute Gasteiger partial charge is 0.327 e. The molecule has 1 aromatic heterocycles. The zero-order chi connectivity index (χ0) is 26.0. The van der Waals surface area contributed by atoms with E-state index in [-0.39, 0.29) is 20.6 Å². The molecule has 2 aromatic carbocycles. The molecule has 1 atom stereocenters. The molecule has 3 aromatic rings. The minimum Gasteiger partial charge on any atom is -0.370 e. The third-order valence-electron chi connectivity index (χ3n) is 6.29. The number of benzene rings is 2. The average Bonchev–Trinajstić information content (AvgIpc) is 3.46. The van der Waals surface area contributed by atoms with Gasteiger partial charge in [0.2, 0.25) is 0 Å². The number of halogens is 1. The van der Waals surface area contributed by atoms with Gasteiger partial charge in [0.1, 0.15) is 0 Å². The molecule has 0 spiro atoms. The zero-order valence-corrected chi connectivity index (χ0v) is 22.6. The molecular formula is C24H28ClN5O4S2. The number of hydrogen-bond donors (Lipinski definition) is 2. The molecule has 0 bridgehead atoms. The first-order valence-electron chi connectivity index (χ1n) is 11.6. The molecule has 0 radical (unpaired) electrons. The normalized spacial score (nSPS) is 16.0. The van der Waals surface area contributed by atoms with E-state index in [1.165, 1.54) is 12.1 Å². The van der Waals surface area contributed by atoms with E-state index in [0.29, 0.717) is 16.3 Å². The lowest BCUT2D eigenvalue weighted by molar-refractivity contribution is 0.0967. The fourth-order valence-corrected chi connectivity index (χ4v) is 6.21. The summed E-state index contributed by atoms with van der Waals surface area (Å²) in [5, 5.41) is 5.32. The number of rotatable bonds is 7. The van der Waals surface area contributed by atoms with Crippen LogP contribution in [0.2, 0.25) is 5.02 Å². The van der Waals surface area contributed by atoms with Crippen LogP contribution in [0.5, 0.6) is 0 Å². The van der Waals surface area contributed by atoms with Gasteiger partial charge in [-0.25, -0.2) is 18.2 Å². The predicted octanol–water partition coefficient (Wildman–Crippen LogP) is 4.24. The highest BCUT2D eigenvalue weighted by Gasteiger charge is 2.27. The van der Waals surface area contributed by atoms with Crippen LogP contribution in [0, 0.1) is 0 Å². The van der Waals surface area contributed by atoms with Gasteiger partial charge in [0.15, 0.2) is 15.0 Å². The maximum atomic E-state index is 12.9. The molecule has 12 heteroatoms. The fraction of sp³-hybridized carbons (Fsp3) is 0.375. The van der Waals surface area contributed by atoms with Gasteiger partial charge in [0.05, 0.1) is 25.7 Å². The van der Waals surface area contributed by atoms with Crippen LogP contribution in [0.15, 0.2) is 41.3 Å². The monoisotopic (exact) mass is 549 g/mol. The number of fused-ring (bicyclic) bond motifs is 1. The Labute approximate surface area is 219 Å². The molecule has 1 aliphatic rings. The van der Waals surface area contributed by atoms with E-state index in [1.807, 2.05) is 6.07 Å². The Morgan fingerprint density at radius 1 is 1.19 bits per heavy atom. The van der Waals surface area contributed by atoms with Gasteiger partial charge in [0.25, 0.3) is 5.91 Å². The first kappa shape index (κ1) is 26.3. The van der Waals surface area contributed by atoms with Gasteiger partial charge in [-0.15, -0.1) is 0 Å². The number of thiazole rings is 1. The molecule has 3 amide bonds. The molecule has 2 N–H and O–H groups in total. The number of imide groups is 1. The highest BCUT2D eigenvalue weighted by atomic mass is 35.5. The first-order valence-corrected chi connectivity index (χ1v) is 14.7. The lowest BCUT2D eigenvalue weighted by Crippen LogP contribution is -2.37. The van der Waals surface area contributed by atoms with E-state index in [2.05, 4.69) is 39.3 Å². The minimum atomic E-state index is -3.36. The summed E-state index contributed by atoms with van der Waals surface area (Å²) in [5.41, 5.74) is 1.63. The number of carbonyl (C=O) groups excluding carboxylic acids is 2. The Kier molecular flexibility index (Phi) is 7.84. The van der Waals surface area contributed by atoms with Crippen molar-refractivity contribution in [3.05, 3.63) is 47.0 Å². The molecule has 36 heavy (non-hydrogen) atoms. The van der Waals surface area contributed by atoms with Crippen LogP contribution in [-0.2, 0) is 9.84 Å². The number of urea groups is 1. The summed E-state index contributed by atoms with van der Waals surface area (Å²) in [5.74, 6) is -0.626. The average molecular weight is 550 g/mol.